The number of benzene rings is 2. The fraction of sp³-hybridized carbons (Fsp3) is 0.158. The molecule has 1 aromatic heterocycles. The summed E-state index contributed by atoms with van der Waals surface area (Å²) in [5.74, 6) is -0.186. The van der Waals surface area contributed by atoms with Crippen LogP contribution in [0.5, 0.6) is 0 Å². The summed E-state index contributed by atoms with van der Waals surface area (Å²) in [6.45, 7) is 3.81. The molecule has 0 saturated heterocycles. The van der Waals surface area contributed by atoms with Crippen molar-refractivity contribution in [1.29, 1.82) is 0 Å². The normalized spacial score (nSPS) is 12.4. The highest BCUT2D eigenvalue weighted by molar-refractivity contribution is 5.99. The van der Waals surface area contributed by atoms with Crippen LogP contribution >= 0.6 is 0 Å². The molecule has 1 amide bonds. The van der Waals surface area contributed by atoms with Gasteiger partial charge in [0.1, 0.15) is 6.04 Å². The first kappa shape index (κ1) is 15.8. The van der Waals surface area contributed by atoms with Gasteiger partial charge in [-0.25, -0.2) is 5.43 Å². The molecule has 0 aliphatic carbocycles. The van der Waals surface area contributed by atoms with Crippen LogP contribution in [0.4, 0.5) is 5.69 Å². The summed E-state index contributed by atoms with van der Waals surface area (Å²) in [4.78, 5) is 15.3. The number of hydrogen-bond donors (Lipinski definition) is 3. The van der Waals surface area contributed by atoms with Crippen molar-refractivity contribution in [2.24, 2.45) is 5.10 Å². The van der Waals surface area contributed by atoms with Crippen molar-refractivity contribution in [2.75, 3.05) is 5.32 Å². The van der Waals surface area contributed by atoms with E-state index >= 15 is 0 Å². The second-order valence-electron chi connectivity index (χ2n) is 5.70. The third kappa shape index (κ3) is 3.46. The van der Waals surface area contributed by atoms with E-state index in [0.29, 0.717) is 0 Å². The molecule has 3 rings (SSSR count). The number of rotatable bonds is 5. The highest BCUT2D eigenvalue weighted by atomic mass is 16.2. The molecule has 0 radical (unpaired) electrons. The lowest BCUT2D eigenvalue weighted by Gasteiger charge is -2.15. The maximum Gasteiger partial charge on any atom is 0.262 e. The van der Waals surface area contributed by atoms with Gasteiger partial charge in [0.25, 0.3) is 5.91 Å². The van der Waals surface area contributed by atoms with Gasteiger partial charge >= 0.3 is 0 Å². The minimum Gasteiger partial charge on any atom is -0.374 e. The zero-order valence-electron chi connectivity index (χ0n) is 13.7. The Morgan fingerprint density at radius 3 is 2.75 bits per heavy atom. The van der Waals surface area contributed by atoms with Crippen molar-refractivity contribution in [1.82, 2.24) is 10.4 Å². The minimum atomic E-state index is -0.383. The summed E-state index contributed by atoms with van der Waals surface area (Å²) in [6.07, 6.45) is 3.52. The largest absolute Gasteiger partial charge is 0.374 e. The van der Waals surface area contributed by atoms with Crippen molar-refractivity contribution < 1.29 is 4.79 Å². The maximum atomic E-state index is 12.2. The Kier molecular flexibility index (Phi) is 4.61. The lowest BCUT2D eigenvalue weighted by Crippen LogP contribution is -2.35. The third-order valence-corrected chi connectivity index (χ3v) is 3.91. The molecule has 122 valence electrons. The number of carbonyl (C=O) groups excluding carboxylic acids is 1. The van der Waals surface area contributed by atoms with Crippen LogP contribution in [0.1, 0.15) is 18.1 Å². The minimum absolute atomic E-state index is 0.186. The maximum absolute atomic E-state index is 12.2. The molecule has 0 aliphatic rings. The van der Waals surface area contributed by atoms with Gasteiger partial charge in [-0.3, -0.25) is 4.79 Å². The number of anilines is 1. The Balaban J connectivity index is 1.61. The molecule has 0 unspecified atom stereocenters. The summed E-state index contributed by atoms with van der Waals surface area (Å²) in [5.41, 5.74) is 6.60. The topological polar surface area (TPSA) is 69.3 Å². The Bertz CT molecular complexity index is 882. The van der Waals surface area contributed by atoms with Crippen LogP contribution in [0, 0.1) is 6.92 Å². The second-order valence-corrected chi connectivity index (χ2v) is 5.70. The van der Waals surface area contributed by atoms with Gasteiger partial charge in [0.05, 0.1) is 6.21 Å². The molecule has 0 bridgehead atoms. The summed E-state index contributed by atoms with van der Waals surface area (Å²) in [6, 6.07) is 15.4. The smallest absolute Gasteiger partial charge is 0.262 e. The Labute approximate surface area is 140 Å². The average Bonchev–Trinajstić information content (AvgIpc) is 3.00. The number of hydrogen-bond acceptors (Lipinski definition) is 3. The predicted octanol–water partition coefficient (Wildman–Crippen LogP) is 3.43. The summed E-state index contributed by atoms with van der Waals surface area (Å²) >= 11 is 0. The monoisotopic (exact) mass is 320 g/mol. The first-order valence-electron chi connectivity index (χ1n) is 7.86. The van der Waals surface area contributed by atoms with E-state index in [-0.39, 0.29) is 11.9 Å². The summed E-state index contributed by atoms with van der Waals surface area (Å²) in [7, 11) is 0. The van der Waals surface area contributed by atoms with E-state index in [1.165, 1.54) is 0 Å². The number of aryl methyl sites for hydroxylation is 1. The van der Waals surface area contributed by atoms with E-state index in [0.717, 1.165) is 27.7 Å². The van der Waals surface area contributed by atoms with Crippen LogP contribution in [0.3, 0.4) is 0 Å². The van der Waals surface area contributed by atoms with Crippen LogP contribution in [0.15, 0.2) is 59.8 Å². The molecule has 2 aromatic carbocycles. The molecule has 1 atom stereocenters. The number of para-hydroxylation sites is 2. The van der Waals surface area contributed by atoms with Crippen LogP contribution in [-0.2, 0) is 4.79 Å². The zero-order chi connectivity index (χ0) is 16.9. The molecule has 3 aromatic rings. The predicted molar refractivity (Wildman–Crippen MR) is 98.3 cm³/mol. The highest BCUT2D eigenvalue weighted by Crippen LogP contribution is 2.16. The molecular weight excluding hydrogens is 300 g/mol. The third-order valence-electron chi connectivity index (χ3n) is 3.91. The van der Waals surface area contributed by atoms with E-state index in [1.807, 2.05) is 68.6 Å². The van der Waals surface area contributed by atoms with Gasteiger partial charge in [0.15, 0.2) is 0 Å². The number of aromatic amines is 1. The molecule has 1 heterocycles. The van der Waals surface area contributed by atoms with Gasteiger partial charge in [-0.2, -0.15) is 5.10 Å². The van der Waals surface area contributed by atoms with Crippen LogP contribution < -0.4 is 10.7 Å². The molecule has 3 N–H and O–H groups in total. The standard InChI is InChI=1S/C19H20N4O/c1-13-7-3-5-9-17(13)22-14(2)19(24)23-21-12-15-11-20-18-10-6-4-8-16(15)18/h3-12,14,20,22H,1-2H3,(H,23,24)/b21-12-/t14-/m0/s1. The molecule has 5 heteroatoms. The Morgan fingerprint density at radius 2 is 1.92 bits per heavy atom. The van der Waals surface area contributed by atoms with Crippen molar-refractivity contribution in [2.45, 2.75) is 19.9 Å². The summed E-state index contributed by atoms with van der Waals surface area (Å²) in [5, 5.41) is 8.33. The Hall–Kier alpha value is -3.08. The van der Waals surface area contributed by atoms with Gasteiger partial charge in [-0.05, 0) is 31.5 Å². The number of carbonyl (C=O) groups is 1. The quantitative estimate of drug-likeness (QED) is 0.498. The number of nitrogens with zero attached hydrogens (tertiary/aromatic N) is 1. The van der Waals surface area contributed by atoms with E-state index in [1.54, 1.807) is 6.21 Å². The number of H-pyrrole nitrogens is 1. The van der Waals surface area contributed by atoms with E-state index < -0.39 is 0 Å². The van der Waals surface area contributed by atoms with E-state index in [4.69, 9.17) is 0 Å². The molecule has 0 saturated carbocycles. The van der Waals surface area contributed by atoms with Gasteiger partial charge in [-0.15, -0.1) is 0 Å². The highest BCUT2D eigenvalue weighted by Gasteiger charge is 2.12. The van der Waals surface area contributed by atoms with Crippen LogP contribution in [0.25, 0.3) is 10.9 Å². The number of aromatic nitrogens is 1. The molecule has 0 spiro atoms. The fourth-order valence-electron chi connectivity index (χ4n) is 2.50. The van der Waals surface area contributed by atoms with Crippen LogP contribution in [0.2, 0.25) is 0 Å². The van der Waals surface area contributed by atoms with Crippen LogP contribution in [-0.4, -0.2) is 23.1 Å². The first-order chi connectivity index (χ1) is 11.6. The fourth-order valence-corrected chi connectivity index (χ4v) is 2.50. The first-order valence-corrected chi connectivity index (χ1v) is 7.86. The van der Waals surface area contributed by atoms with E-state index in [9.17, 15) is 4.79 Å². The van der Waals surface area contributed by atoms with Crippen molar-refractivity contribution in [3.8, 4) is 0 Å². The van der Waals surface area contributed by atoms with Crippen molar-refractivity contribution >= 4 is 28.7 Å². The number of hydrazone groups is 1. The number of fused-ring (bicyclic) bond motifs is 1. The number of amides is 1. The molecule has 24 heavy (non-hydrogen) atoms. The molecular formula is C19H20N4O. The second kappa shape index (κ2) is 7.00. The summed E-state index contributed by atoms with van der Waals surface area (Å²) < 4.78 is 0. The molecule has 0 aliphatic heterocycles. The lowest BCUT2D eigenvalue weighted by molar-refractivity contribution is -0.121. The van der Waals surface area contributed by atoms with Gasteiger partial charge in [-0.1, -0.05) is 36.4 Å². The SMILES string of the molecule is Cc1ccccc1N[C@@H](C)C(=O)N/N=C\c1c[nH]c2ccccc12. The molecule has 0 fully saturated rings. The average molecular weight is 320 g/mol. The van der Waals surface area contributed by atoms with Crippen molar-refractivity contribution in [3.05, 3.63) is 65.9 Å². The zero-order valence-corrected chi connectivity index (χ0v) is 13.7. The Morgan fingerprint density at radius 1 is 1.17 bits per heavy atom. The van der Waals surface area contributed by atoms with Gasteiger partial charge < -0.3 is 10.3 Å². The van der Waals surface area contributed by atoms with Gasteiger partial charge in [0, 0.05) is 28.4 Å². The lowest BCUT2D eigenvalue weighted by atomic mass is 10.2. The number of nitrogens with one attached hydrogen (secondary N) is 3. The van der Waals surface area contributed by atoms with E-state index in [2.05, 4.69) is 20.8 Å². The van der Waals surface area contributed by atoms with Crippen molar-refractivity contribution in [3.63, 3.8) is 0 Å². The molecule has 5 nitrogen and oxygen atoms in total. The van der Waals surface area contributed by atoms with Gasteiger partial charge in [0.2, 0.25) is 0 Å².